The molecule has 0 bridgehead atoms. The maximum absolute atomic E-state index is 5.18. The van der Waals surface area contributed by atoms with Gasteiger partial charge in [0.2, 0.25) is 0 Å². The molecule has 65 heavy (non-hydrogen) atoms. The SMILES string of the molecule is CCCCCCCCCCCCc1c2cc(-c3cnc(-c4ccc(-c5ccccc5)s4)c4nsnc34)sc2c(CCCCCCCCCCCC)c2cc(-c3nccc4nsnc34)sc12. The number of benzene rings is 2. The number of rotatable bonds is 26. The van der Waals surface area contributed by atoms with E-state index in [0.29, 0.717) is 0 Å². The van der Waals surface area contributed by atoms with Crippen LogP contribution in [0, 0.1) is 0 Å². The van der Waals surface area contributed by atoms with E-state index < -0.39 is 0 Å². The predicted molar refractivity (Wildman–Crippen MR) is 285 cm³/mol. The van der Waals surface area contributed by atoms with Gasteiger partial charge in [0.25, 0.3) is 0 Å². The van der Waals surface area contributed by atoms with Crippen molar-refractivity contribution in [2.75, 3.05) is 0 Å². The standard InChI is InChI=1S/C54H62N6S5/c1-3-5-7-9-11-13-15-17-19-24-28-38-40-34-46(42-36-56-50(52-48(42)58-65-60-52)45-31-30-44(61-45)37-26-22-21-23-27-37)62-53(40)39(29-25-20-18-16-14-12-10-8-6-4-2)41-35-47(63-54(38)41)51-49-43(32-33-55-51)57-64-59-49/h21-23,26-27,30-36H,3-20,24-25,28-29H2,1-2H3. The Morgan fingerprint density at radius 2 is 0.954 bits per heavy atom. The molecule has 7 aromatic heterocycles. The fourth-order valence-electron chi connectivity index (χ4n) is 9.50. The molecule has 0 aliphatic heterocycles. The fraction of sp³-hybridized carbons (Fsp3) is 0.444. The lowest BCUT2D eigenvalue weighted by molar-refractivity contribution is 0.556. The number of unbranched alkanes of at least 4 members (excludes halogenated alkanes) is 18. The van der Waals surface area contributed by atoms with Crippen molar-refractivity contribution in [3.63, 3.8) is 0 Å². The Balaban J connectivity index is 1.06. The molecule has 6 nitrogen and oxygen atoms in total. The lowest BCUT2D eigenvalue weighted by Crippen LogP contribution is -1.93. The number of thiophene rings is 3. The normalized spacial score (nSPS) is 12.0. The van der Waals surface area contributed by atoms with Gasteiger partial charge in [0, 0.05) is 37.1 Å². The third-order valence-corrected chi connectivity index (χ3v) is 17.7. The second-order valence-electron chi connectivity index (χ2n) is 17.8. The lowest BCUT2D eigenvalue weighted by Gasteiger charge is -2.12. The molecule has 0 atom stereocenters. The first kappa shape index (κ1) is 46.1. The summed E-state index contributed by atoms with van der Waals surface area (Å²) in [7, 11) is 0. The lowest BCUT2D eigenvalue weighted by atomic mass is 9.94. The summed E-state index contributed by atoms with van der Waals surface area (Å²) in [6, 6.07) is 21.9. The van der Waals surface area contributed by atoms with E-state index in [0.717, 1.165) is 56.7 Å². The first-order chi connectivity index (χ1) is 32.2. The van der Waals surface area contributed by atoms with Gasteiger partial charge in [-0.2, -0.15) is 17.5 Å². The Morgan fingerprint density at radius 3 is 1.60 bits per heavy atom. The van der Waals surface area contributed by atoms with Crippen molar-refractivity contribution in [2.24, 2.45) is 0 Å². The highest BCUT2D eigenvalue weighted by Crippen LogP contribution is 2.48. The first-order valence-corrected chi connectivity index (χ1v) is 28.5. The molecule has 338 valence electrons. The third-order valence-electron chi connectivity index (χ3n) is 13.1. The largest absolute Gasteiger partial charge is 0.253 e. The molecule has 0 N–H and O–H groups in total. The Hall–Kier alpha value is -4.00. The zero-order valence-electron chi connectivity index (χ0n) is 38.2. The van der Waals surface area contributed by atoms with Crippen LogP contribution in [-0.2, 0) is 12.8 Å². The van der Waals surface area contributed by atoms with Crippen LogP contribution >= 0.6 is 57.5 Å². The smallest absolute Gasteiger partial charge is 0.132 e. The molecule has 0 aliphatic carbocycles. The van der Waals surface area contributed by atoms with Crippen LogP contribution in [0.2, 0.25) is 0 Å². The number of hydrogen-bond donors (Lipinski definition) is 0. The summed E-state index contributed by atoms with van der Waals surface area (Å²) < 4.78 is 22.0. The van der Waals surface area contributed by atoms with Crippen LogP contribution in [-0.4, -0.2) is 27.5 Å². The van der Waals surface area contributed by atoms with Crippen LogP contribution < -0.4 is 0 Å². The molecule has 0 fully saturated rings. The summed E-state index contributed by atoms with van der Waals surface area (Å²) in [5, 5.41) is 2.82. The molecular weight excluding hydrogens is 893 g/mol. The van der Waals surface area contributed by atoms with Gasteiger partial charge in [0.05, 0.1) is 33.2 Å². The van der Waals surface area contributed by atoms with Crippen LogP contribution in [0.4, 0.5) is 0 Å². The molecule has 0 unspecified atom stereocenters. The fourth-order valence-corrected chi connectivity index (χ4v) is 14.2. The van der Waals surface area contributed by atoms with E-state index in [4.69, 9.17) is 23.1 Å². The molecule has 0 radical (unpaired) electrons. The minimum atomic E-state index is 0.895. The van der Waals surface area contributed by atoms with Gasteiger partial charge in [-0.3, -0.25) is 9.97 Å². The number of aryl methyl sites for hydroxylation is 2. The molecule has 0 saturated carbocycles. The van der Waals surface area contributed by atoms with Crippen molar-refractivity contribution in [2.45, 2.75) is 155 Å². The highest BCUT2D eigenvalue weighted by atomic mass is 32.1. The summed E-state index contributed by atoms with van der Waals surface area (Å²) >= 11 is 8.21. The van der Waals surface area contributed by atoms with Crippen LogP contribution in [0.5, 0.6) is 0 Å². The molecule has 9 rings (SSSR count). The highest BCUT2D eigenvalue weighted by molar-refractivity contribution is 7.24. The van der Waals surface area contributed by atoms with Crippen molar-refractivity contribution in [1.29, 1.82) is 0 Å². The van der Waals surface area contributed by atoms with E-state index >= 15 is 0 Å². The molecular formula is C54H62N6S5. The summed E-state index contributed by atoms with van der Waals surface area (Å²) in [5.41, 5.74) is 10.9. The van der Waals surface area contributed by atoms with Gasteiger partial charge in [-0.25, -0.2) is 0 Å². The average Bonchev–Trinajstić information content (AvgIpc) is 4.20. The molecule has 11 heteroatoms. The van der Waals surface area contributed by atoms with Gasteiger partial charge in [0.1, 0.15) is 33.5 Å². The number of fused-ring (bicyclic) bond motifs is 4. The second kappa shape index (κ2) is 23.1. The molecule has 0 saturated heterocycles. The number of nitrogens with zero attached hydrogens (tertiary/aromatic N) is 6. The summed E-state index contributed by atoms with van der Waals surface area (Å²) in [6.45, 7) is 4.60. The third kappa shape index (κ3) is 10.9. The van der Waals surface area contributed by atoms with Crippen molar-refractivity contribution in [3.8, 4) is 42.0 Å². The second-order valence-corrected chi connectivity index (χ2v) is 22.1. The molecule has 2 aromatic carbocycles. The van der Waals surface area contributed by atoms with Crippen molar-refractivity contribution >= 4 is 99.7 Å². The van der Waals surface area contributed by atoms with E-state index in [-0.39, 0.29) is 0 Å². The van der Waals surface area contributed by atoms with E-state index in [1.54, 1.807) is 11.3 Å². The van der Waals surface area contributed by atoms with Crippen molar-refractivity contribution in [1.82, 2.24) is 27.5 Å². The van der Waals surface area contributed by atoms with E-state index in [2.05, 4.69) is 79.0 Å². The zero-order chi connectivity index (χ0) is 44.2. The summed E-state index contributed by atoms with van der Waals surface area (Å²) in [4.78, 5) is 14.9. The molecule has 0 aliphatic rings. The topological polar surface area (TPSA) is 77.3 Å². The van der Waals surface area contributed by atoms with Crippen LogP contribution in [0.25, 0.3) is 84.3 Å². The number of pyridine rings is 2. The number of hydrogen-bond acceptors (Lipinski definition) is 11. The molecule has 9 aromatic rings. The van der Waals surface area contributed by atoms with Gasteiger partial charge >= 0.3 is 0 Å². The highest BCUT2D eigenvalue weighted by Gasteiger charge is 2.24. The Labute approximate surface area is 405 Å². The monoisotopic (exact) mass is 954 g/mol. The Kier molecular flexibility index (Phi) is 16.4. The van der Waals surface area contributed by atoms with Gasteiger partial charge in [-0.05, 0) is 83.5 Å². The van der Waals surface area contributed by atoms with E-state index in [1.165, 1.54) is 203 Å². The van der Waals surface area contributed by atoms with Gasteiger partial charge < -0.3 is 0 Å². The van der Waals surface area contributed by atoms with Gasteiger partial charge in [0.15, 0.2) is 0 Å². The van der Waals surface area contributed by atoms with Crippen LogP contribution in [0.3, 0.4) is 0 Å². The predicted octanol–water partition coefficient (Wildman–Crippen LogP) is 18.6. The van der Waals surface area contributed by atoms with E-state index in [9.17, 15) is 0 Å². The van der Waals surface area contributed by atoms with Gasteiger partial charge in [-0.15, -0.1) is 34.0 Å². The summed E-state index contributed by atoms with van der Waals surface area (Å²) in [6.07, 6.45) is 32.8. The molecule has 7 heterocycles. The van der Waals surface area contributed by atoms with Crippen LogP contribution in [0.15, 0.2) is 73.1 Å². The maximum atomic E-state index is 5.18. The van der Waals surface area contributed by atoms with E-state index in [1.807, 2.05) is 34.9 Å². The Morgan fingerprint density at radius 1 is 0.431 bits per heavy atom. The quantitative estimate of drug-likeness (QED) is 0.0503. The average molecular weight is 955 g/mol. The van der Waals surface area contributed by atoms with Crippen LogP contribution in [0.1, 0.15) is 153 Å². The minimum Gasteiger partial charge on any atom is -0.253 e. The van der Waals surface area contributed by atoms with Crippen molar-refractivity contribution < 1.29 is 0 Å². The summed E-state index contributed by atoms with van der Waals surface area (Å²) in [5.74, 6) is 0. The molecule has 0 amide bonds. The zero-order valence-corrected chi connectivity index (χ0v) is 42.3. The minimum absolute atomic E-state index is 0.895. The molecule has 0 spiro atoms. The number of aromatic nitrogens is 6. The van der Waals surface area contributed by atoms with Gasteiger partial charge in [-0.1, -0.05) is 160 Å². The maximum Gasteiger partial charge on any atom is 0.132 e. The Bertz CT molecular complexity index is 2820. The van der Waals surface area contributed by atoms with Crippen molar-refractivity contribution in [3.05, 3.63) is 84.2 Å². The first-order valence-electron chi connectivity index (χ1n) is 24.6.